The van der Waals surface area contributed by atoms with Crippen LogP contribution in [0.4, 0.5) is 21.0 Å². The summed E-state index contributed by atoms with van der Waals surface area (Å²) in [6.07, 6.45) is 14.1. The third-order valence-corrected chi connectivity index (χ3v) is 19.2. The van der Waals surface area contributed by atoms with Gasteiger partial charge in [0.1, 0.15) is 0 Å². The zero-order valence-electron chi connectivity index (χ0n) is 39.6. The molecule has 2 saturated carbocycles. The van der Waals surface area contributed by atoms with E-state index in [0.29, 0.717) is 59.8 Å². The number of hydrogen-bond donors (Lipinski definition) is 4. The molecule has 0 spiro atoms. The normalized spacial score (nSPS) is 21.4. The predicted octanol–water partition coefficient (Wildman–Crippen LogP) is 9.77. The number of aryl methyl sites for hydroxylation is 1. The minimum atomic E-state index is -3.60. The molecule has 2 aromatic heterocycles. The maximum absolute atomic E-state index is 13.3. The van der Waals surface area contributed by atoms with Gasteiger partial charge in [-0.25, -0.2) is 36.4 Å². The molecule has 6 N–H and O–H groups in total. The van der Waals surface area contributed by atoms with Gasteiger partial charge in [-0.1, -0.05) is 12.1 Å². The van der Waals surface area contributed by atoms with E-state index in [1.165, 1.54) is 9.31 Å². The molecule has 68 heavy (non-hydrogen) atoms. The maximum atomic E-state index is 13.3. The highest BCUT2D eigenvalue weighted by atomic mass is 79.9. The summed E-state index contributed by atoms with van der Waals surface area (Å²) in [6.45, 7) is 11.5. The highest BCUT2D eigenvalue weighted by Crippen LogP contribution is 2.41. The van der Waals surface area contributed by atoms with Gasteiger partial charge in [0.25, 0.3) is 0 Å². The number of carbonyl (C=O) groups is 2. The van der Waals surface area contributed by atoms with Gasteiger partial charge in [0, 0.05) is 73.2 Å². The van der Waals surface area contributed by atoms with E-state index in [1.807, 2.05) is 33.9 Å². The second-order valence-corrected chi connectivity index (χ2v) is 25.7. The number of benzene rings is 2. The summed E-state index contributed by atoms with van der Waals surface area (Å²) < 4.78 is 65.6. The maximum Gasteiger partial charge on any atom is 0.407 e. The Kier molecular flexibility index (Phi) is 19.1. The number of nitrogens with zero attached hydrogens (tertiary/aromatic N) is 4. The topological polar surface area (TPSA) is 229 Å². The third kappa shape index (κ3) is 14.6. The number of rotatable bonds is 11. The zero-order valence-corrected chi connectivity index (χ0v) is 44.5. The van der Waals surface area contributed by atoms with Crippen LogP contribution in [0.2, 0.25) is 0 Å². The monoisotopic (exact) mass is 1080 g/mol. The highest BCUT2D eigenvalue weighted by Gasteiger charge is 2.32. The number of nitrogen functional groups attached to an aromatic ring is 2. The lowest BCUT2D eigenvalue weighted by Crippen LogP contribution is -2.38. The molecule has 0 unspecified atom stereocenters. The molecule has 4 fully saturated rings. The number of carbonyl (C=O) groups excluding carboxylic acids is 2. The van der Waals surface area contributed by atoms with Crippen molar-refractivity contribution >= 4 is 82.2 Å². The van der Waals surface area contributed by atoms with Gasteiger partial charge in [0.2, 0.25) is 20.0 Å². The number of anilines is 2. The van der Waals surface area contributed by atoms with Crippen molar-refractivity contribution in [2.45, 2.75) is 158 Å². The molecule has 2 saturated heterocycles. The Balaban J connectivity index is 0.000000184. The summed E-state index contributed by atoms with van der Waals surface area (Å²) in [6, 6.07) is 10.5. The van der Waals surface area contributed by atoms with Gasteiger partial charge in [0.05, 0.1) is 46.9 Å². The Morgan fingerprint density at radius 2 is 1.09 bits per heavy atom. The van der Waals surface area contributed by atoms with Gasteiger partial charge in [-0.2, -0.15) is 8.61 Å². The van der Waals surface area contributed by atoms with Crippen LogP contribution in [0.15, 0.2) is 62.4 Å². The number of halogens is 1. The molecule has 16 nitrogen and oxygen atoms in total. The molecule has 374 valence electrons. The Hall–Kier alpha value is -3.86. The van der Waals surface area contributed by atoms with Crippen LogP contribution in [0.1, 0.15) is 132 Å². The molecule has 0 atom stereocenters. The van der Waals surface area contributed by atoms with Crippen LogP contribution in [-0.2, 0) is 29.5 Å². The molecule has 8 rings (SSSR count). The fourth-order valence-corrected chi connectivity index (χ4v) is 15.0. The Morgan fingerprint density at radius 1 is 0.662 bits per heavy atom. The van der Waals surface area contributed by atoms with Crippen LogP contribution in [0.3, 0.4) is 0 Å². The van der Waals surface area contributed by atoms with Crippen molar-refractivity contribution in [1.82, 2.24) is 29.2 Å². The number of nitrogens with two attached hydrogens (primary N) is 2. The van der Waals surface area contributed by atoms with Crippen molar-refractivity contribution in [3.05, 3.63) is 68.2 Å². The van der Waals surface area contributed by atoms with Crippen molar-refractivity contribution in [2.75, 3.05) is 37.6 Å². The summed E-state index contributed by atoms with van der Waals surface area (Å²) in [7, 11) is -6.94. The van der Waals surface area contributed by atoms with E-state index in [1.54, 1.807) is 76.5 Å². The van der Waals surface area contributed by atoms with Gasteiger partial charge in [0.15, 0.2) is 0 Å². The van der Waals surface area contributed by atoms with E-state index < -0.39 is 20.0 Å². The minimum absolute atomic E-state index is 0.0657. The first-order valence-corrected chi connectivity index (χ1v) is 28.9. The van der Waals surface area contributed by atoms with Crippen LogP contribution >= 0.6 is 38.6 Å². The summed E-state index contributed by atoms with van der Waals surface area (Å²) in [5.41, 5.74) is 13.9. The van der Waals surface area contributed by atoms with Crippen molar-refractivity contribution in [3.63, 3.8) is 0 Å². The molecule has 21 heteroatoms. The molecule has 2 aliphatic carbocycles. The quantitative estimate of drug-likeness (QED) is 0.103. The smallest absolute Gasteiger partial charge is 0.407 e. The van der Waals surface area contributed by atoms with Crippen LogP contribution in [0.25, 0.3) is 10.4 Å². The third-order valence-electron chi connectivity index (χ3n) is 12.4. The zero-order chi connectivity index (χ0) is 49.2. The van der Waals surface area contributed by atoms with Gasteiger partial charge in [-0.05, 0) is 157 Å². The number of sulfonamides is 2. The summed E-state index contributed by atoms with van der Waals surface area (Å²) in [4.78, 5) is 33.9. The Bertz CT molecular complexity index is 2530. The fourth-order valence-electron chi connectivity index (χ4n) is 8.84. The number of alkyl carbamates (subject to hydrolysis) is 2. The average Bonchev–Trinajstić information content (AvgIpc) is 4.14. The van der Waals surface area contributed by atoms with Gasteiger partial charge in [-0.15, -0.1) is 22.7 Å². The van der Waals surface area contributed by atoms with E-state index in [2.05, 4.69) is 36.5 Å². The number of amides is 2. The number of aromatic nitrogens is 2. The number of thiazole rings is 2. The summed E-state index contributed by atoms with van der Waals surface area (Å²) in [5.74, 6) is 0.839. The minimum Gasteiger partial charge on any atom is -0.447 e. The lowest BCUT2D eigenvalue weighted by Gasteiger charge is -2.28. The number of nitrogens with one attached hydrogen (secondary N) is 2. The van der Waals surface area contributed by atoms with Crippen LogP contribution in [0.5, 0.6) is 0 Å². The number of ether oxygens (including phenoxy) is 2. The van der Waals surface area contributed by atoms with E-state index >= 15 is 0 Å². The second kappa shape index (κ2) is 24.3. The molecule has 0 bridgehead atoms. The summed E-state index contributed by atoms with van der Waals surface area (Å²) >= 11 is 6.71. The van der Waals surface area contributed by atoms with E-state index in [0.717, 1.165) is 96.3 Å². The fraction of sp³-hybridized carbons (Fsp3) is 0.574. The lowest BCUT2D eigenvalue weighted by atomic mass is 9.86. The molecule has 4 aromatic rings. The average molecular weight is 1080 g/mol. The molecule has 0 radical (unpaired) electrons. The van der Waals surface area contributed by atoms with Crippen molar-refractivity contribution in [1.29, 1.82) is 0 Å². The van der Waals surface area contributed by atoms with Crippen LogP contribution in [-0.4, -0.2) is 98.1 Å². The van der Waals surface area contributed by atoms with Crippen LogP contribution < -0.4 is 22.1 Å². The highest BCUT2D eigenvalue weighted by molar-refractivity contribution is 9.11. The Labute approximate surface area is 418 Å². The van der Waals surface area contributed by atoms with Gasteiger partial charge < -0.3 is 31.6 Å². The van der Waals surface area contributed by atoms with Gasteiger partial charge >= 0.3 is 12.2 Å². The molecular formula is C47H67BrN8O8S4. The first-order valence-electron chi connectivity index (χ1n) is 23.6. The predicted molar refractivity (Wildman–Crippen MR) is 273 cm³/mol. The van der Waals surface area contributed by atoms with Crippen molar-refractivity contribution in [3.8, 4) is 10.4 Å². The molecule has 4 heterocycles. The number of hydrogen-bond acceptors (Lipinski definition) is 14. The lowest BCUT2D eigenvalue weighted by molar-refractivity contribution is 0.108. The largest absolute Gasteiger partial charge is 0.447 e. The Morgan fingerprint density at radius 3 is 1.54 bits per heavy atom. The van der Waals surface area contributed by atoms with Crippen molar-refractivity contribution < 1.29 is 35.9 Å². The van der Waals surface area contributed by atoms with E-state index in [-0.39, 0.29) is 41.4 Å². The molecule has 2 aliphatic heterocycles. The molecule has 4 aliphatic rings. The molecule has 2 aromatic carbocycles. The van der Waals surface area contributed by atoms with Crippen LogP contribution in [0, 0.1) is 6.92 Å². The van der Waals surface area contributed by atoms with E-state index in [4.69, 9.17) is 20.9 Å². The van der Waals surface area contributed by atoms with Crippen molar-refractivity contribution in [2.24, 2.45) is 0 Å². The first kappa shape index (κ1) is 53.5. The van der Waals surface area contributed by atoms with E-state index in [9.17, 15) is 26.4 Å². The SMILES string of the molecule is CC(C)OC(=O)NC1CCC(c2ncc(-c3ccc(N)cc3S(=O)(=O)N3CCCC3)s2)CC1.CC(C)OC(=O)NC1CCC(c2ncc(Br)s2)CC1.Cc1ccc(N)cc1S(=O)(=O)N1CCCC1. The summed E-state index contributed by atoms with van der Waals surface area (Å²) in [5, 5.41) is 8.10. The molecule has 2 amide bonds. The first-order chi connectivity index (χ1) is 32.3. The second-order valence-electron chi connectivity index (χ2n) is 18.4. The van der Waals surface area contributed by atoms with Gasteiger partial charge in [-0.3, -0.25) is 0 Å². The molecular weight excluding hydrogens is 1010 g/mol. The standard InChI is InChI=1S/C23H32N4O4S2.C13H19BrN2O2S.C11H16N2O2S/c1-15(2)31-23(28)26-18-8-5-16(6-9-18)22-25-14-20(32-22)19-10-7-17(24)13-21(19)33(29,30)27-11-3-4-12-27;1-8(2)18-13(17)16-10-5-3-9(4-6-10)12-15-7-11(14)19-12;1-9-4-5-10(12)8-11(9)16(14,15)13-6-2-3-7-13/h7,10,13-16,18H,3-6,8-9,11-12,24H2,1-2H3,(H,26,28);7-10H,3-6H2,1-2H3,(H,16,17);4-5,8H,2-3,6-7,12H2,1H3.